The number of nitrogens with zero attached hydrogens (tertiary/aromatic N) is 4. The number of aromatic nitrogens is 3. The Morgan fingerprint density at radius 2 is 1.80 bits per heavy atom. The molecule has 35 heavy (non-hydrogen) atoms. The molecule has 0 saturated carbocycles. The lowest BCUT2D eigenvalue weighted by molar-refractivity contribution is -0.123. The second kappa shape index (κ2) is 9.66. The Balaban J connectivity index is 1.25. The molecule has 5 rings (SSSR count). The van der Waals surface area contributed by atoms with Crippen molar-refractivity contribution in [2.75, 3.05) is 19.6 Å². The molecule has 2 aromatic heterocycles. The molecule has 7 nitrogen and oxygen atoms in total. The molecule has 182 valence electrons. The van der Waals surface area contributed by atoms with Crippen LogP contribution in [-0.4, -0.2) is 44.8 Å². The Morgan fingerprint density at radius 3 is 2.54 bits per heavy atom. The van der Waals surface area contributed by atoms with Crippen molar-refractivity contribution in [3.05, 3.63) is 76.2 Å². The van der Waals surface area contributed by atoms with Gasteiger partial charge in [-0.3, -0.25) is 14.5 Å². The second-order valence-electron chi connectivity index (χ2n) is 9.85. The fourth-order valence-electron chi connectivity index (χ4n) is 5.20. The highest BCUT2D eigenvalue weighted by Crippen LogP contribution is 2.29. The first-order chi connectivity index (χ1) is 16.9. The molecule has 1 N–H and O–H groups in total. The number of hydrogen-bond donors (Lipinski definition) is 1. The molecule has 3 heterocycles. The number of aryl methyl sites for hydroxylation is 2. The first kappa shape index (κ1) is 23.3. The largest absolute Gasteiger partial charge is 0.354 e. The molecule has 1 aliphatic heterocycles. The van der Waals surface area contributed by atoms with Crippen LogP contribution in [0, 0.1) is 12.8 Å². The molecule has 4 aromatic rings. The van der Waals surface area contributed by atoms with Gasteiger partial charge < -0.3 is 9.88 Å². The standard InChI is InChI=1S/C28H33N5O2/c1-19-8-10-22(11-9-19)18-32-14-12-21(13-15-32)16-29-27(34)20(2)33-25-7-5-4-6-23(25)24-17-30-31(3)28(35)26(24)33/h4-11,17,20-21H,12-16,18H2,1-3H3,(H,29,34). The van der Waals surface area contributed by atoms with Gasteiger partial charge in [0.1, 0.15) is 11.6 Å². The van der Waals surface area contributed by atoms with Crippen LogP contribution in [0.4, 0.5) is 0 Å². The van der Waals surface area contributed by atoms with Gasteiger partial charge in [-0.15, -0.1) is 0 Å². The maximum Gasteiger partial charge on any atom is 0.291 e. The monoisotopic (exact) mass is 471 g/mol. The number of carbonyl (C=O) groups is 1. The van der Waals surface area contributed by atoms with Crippen LogP contribution in [0.2, 0.25) is 0 Å². The number of likely N-dealkylation sites (tertiary alicyclic amines) is 1. The van der Waals surface area contributed by atoms with Crippen molar-refractivity contribution in [3.8, 4) is 0 Å². The van der Waals surface area contributed by atoms with Crippen LogP contribution in [0.1, 0.15) is 36.9 Å². The average Bonchev–Trinajstić information content (AvgIpc) is 3.21. The number of hydrogen-bond acceptors (Lipinski definition) is 4. The van der Waals surface area contributed by atoms with E-state index < -0.39 is 6.04 Å². The minimum Gasteiger partial charge on any atom is -0.354 e. The number of piperidine rings is 1. The molecule has 1 amide bonds. The molecule has 1 aliphatic rings. The van der Waals surface area contributed by atoms with Crippen LogP contribution in [-0.2, 0) is 18.4 Å². The molecule has 0 spiro atoms. The maximum atomic E-state index is 13.2. The van der Waals surface area contributed by atoms with E-state index in [9.17, 15) is 9.59 Å². The van der Waals surface area contributed by atoms with Gasteiger partial charge in [-0.2, -0.15) is 5.10 Å². The van der Waals surface area contributed by atoms with Crippen LogP contribution in [0.5, 0.6) is 0 Å². The summed E-state index contributed by atoms with van der Waals surface area (Å²) in [5.74, 6) is 0.407. The van der Waals surface area contributed by atoms with Gasteiger partial charge in [-0.1, -0.05) is 48.0 Å². The Bertz CT molecular complexity index is 1410. The van der Waals surface area contributed by atoms with Crippen LogP contribution >= 0.6 is 0 Å². The minimum atomic E-state index is -0.505. The molecule has 2 aromatic carbocycles. The summed E-state index contributed by atoms with van der Waals surface area (Å²) in [7, 11) is 1.64. The van der Waals surface area contributed by atoms with E-state index in [-0.39, 0.29) is 11.5 Å². The Hall–Kier alpha value is -3.45. The quantitative estimate of drug-likeness (QED) is 0.465. The summed E-state index contributed by atoms with van der Waals surface area (Å²) in [5, 5.41) is 9.09. The van der Waals surface area contributed by atoms with E-state index in [1.807, 2.05) is 35.8 Å². The van der Waals surface area contributed by atoms with E-state index in [2.05, 4.69) is 46.5 Å². The van der Waals surface area contributed by atoms with E-state index in [1.54, 1.807) is 13.2 Å². The topological polar surface area (TPSA) is 72.2 Å². The summed E-state index contributed by atoms with van der Waals surface area (Å²) in [6, 6.07) is 16.1. The molecule has 0 bridgehead atoms. The first-order valence-corrected chi connectivity index (χ1v) is 12.4. The predicted molar refractivity (Wildman–Crippen MR) is 139 cm³/mol. The van der Waals surface area contributed by atoms with Gasteiger partial charge in [-0.25, -0.2) is 4.68 Å². The Labute approximate surface area is 205 Å². The lowest BCUT2D eigenvalue weighted by Gasteiger charge is -2.32. The van der Waals surface area contributed by atoms with Crippen molar-refractivity contribution in [1.82, 2.24) is 24.6 Å². The number of benzene rings is 2. The van der Waals surface area contributed by atoms with E-state index in [0.717, 1.165) is 48.8 Å². The summed E-state index contributed by atoms with van der Waals surface area (Å²) >= 11 is 0. The highest BCUT2D eigenvalue weighted by molar-refractivity contribution is 6.08. The van der Waals surface area contributed by atoms with Crippen LogP contribution < -0.4 is 10.9 Å². The van der Waals surface area contributed by atoms with Crippen LogP contribution in [0.3, 0.4) is 0 Å². The third-order valence-corrected chi connectivity index (χ3v) is 7.37. The molecule has 0 aliphatic carbocycles. The molecule has 7 heteroatoms. The molecule has 1 saturated heterocycles. The second-order valence-corrected chi connectivity index (χ2v) is 9.85. The molecular formula is C28H33N5O2. The summed E-state index contributed by atoms with van der Waals surface area (Å²) < 4.78 is 3.20. The zero-order chi connectivity index (χ0) is 24.5. The summed E-state index contributed by atoms with van der Waals surface area (Å²) in [4.78, 5) is 28.7. The van der Waals surface area contributed by atoms with Gasteiger partial charge in [0, 0.05) is 30.9 Å². The van der Waals surface area contributed by atoms with Gasteiger partial charge in [0.05, 0.1) is 11.7 Å². The van der Waals surface area contributed by atoms with Gasteiger partial charge in [-0.05, 0) is 57.3 Å². The van der Waals surface area contributed by atoms with Gasteiger partial charge >= 0.3 is 0 Å². The van der Waals surface area contributed by atoms with Crippen LogP contribution in [0.15, 0.2) is 59.5 Å². The molecular weight excluding hydrogens is 438 g/mol. The van der Waals surface area contributed by atoms with E-state index >= 15 is 0 Å². The third kappa shape index (κ3) is 4.60. The van der Waals surface area contributed by atoms with E-state index in [1.165, 1.54) is 15.8 Å². The van der Waals surface area contributed by atoms with Crippen molar-refractivity contribution < 1.29 is 4.79 Å². The number of amides is 1. The summed E-state index contributed by atoms with van der Waals surface area (Å²) in [6.07, 6.45) is 3.86. The highest BCUT2D eigenvalue weighted by Gasteiger charge is 2.25. The van der Waals surface area contributed by atoms with Crippen LogP contribution in [0.25, 0.3) is 21.8 Å². The number of nitrogens with one attached hydrogen (secondary N) is 1. The summed E-state index contributed by atoms with van der Waals surface area (Å²) in [5.41, 5.74) is 3.84. The fourth-order valence-corrected chi connectivity index (χ4v) is 5.20. The van der Waals surface area contributed by atoms with Gasteiger partial charge in [0.2, 0.25) is 5.91 Å². The first-order valence-electron chi connectivity index (χ1n) is 12.4. The smallest absolute Gasteiger partial charge is 0.291 e. The Morgan fingerprint density at radius 1 is 1.09 bits per heavy atom. The average molecular weight is 472 g/mol. The maximum absolute atomic E-state index is 13.2. The molecule has 1 fully saturated rings. The van der Waals surface area contributed by atoms with Crippen molar-refractivity contribution in [1.29, 1.82) is 0 Å². The Kier molecular flexibility index (Phi) is 6.43. The predicted octanol–water partition coefficient (Wildman–Crippen LogP) is 3.79. The number of rotatable bonds is 6. The number of fused-ring (bicyclic) bond motifs is 3. The normalized spacial score (nSPS) is 16.1. The van der Waals surface area contributed by atoms with Crippen molar-refractivity contribution in [2.45, 2.75) is 39.3 Å². The van der Waals surface area contributed by atoms with Crippen molar-refractivity contribution >= 4 is 27.7 Å². The molecule has 1 unspecified atom stereocenters. The number of carbonyl (C=O) groups excluding carboxylic acids is 1. The third-order valence-electron chi connectivity index (χ3n) is 7.37. The number of para-hydroxylation sites is 1. The zero-order valence-corrected chi connectivity index (χ0v) is 20.7. The molecule has 1 atom stereocenters. The summed E-state index contributed by atoms with van der Waals surface area (Å²) in [6.45, 7) is 7.71. The molecule has 0 radical (unpaired) electrons. The SMILES string of the molecule is Cc1ccc(CN2CCC(CNC(=O)C(C)n3c4ccccc4c4cnn(C)c(=O)c43)CC2)cc1. The van der Waals surface area contributed by atoms with E-state index in [0.29, 0.717) is 18.0 Å². The highest BCUT2D eigenvalue weighted by atomic mass is 16.2. The van der Waals surface area contributed by atoms with Crippen molar-refractivity contribution in [2.24, 2.45) is 13.0 Å². The lowest BCUT2D eigenvalue weighted by Crippen LogP contribution is -2.40. The van der Waals surface area contributed by atoms with Crippen molar-refractivity contribution in [3.63, 3.8) is 0 Å². The van der Waals surface area contributed by atoms with Gasteiger partial charge in [0.15, 0.2) is 0 Å². The fraction of sp³-hybridized carbons (Fsp3) is 0.393. The minimum absolute atomic E-state index is 0.0615. The zero-order valence-electron chi connectivity index (χ0n) is 20.7. The van der Waals surface area contributed by atoms with E-state index in [4.69, 9.17) is 0 Å². The lowest BCUT2D eigenvalue weighted by atomic mass is 9.96. The van der Waals surface area contributed by atoms with Gasteiger partial charge in [0.25, 0.3) is 5.56 Å².